The molecule has 0 saturated carbocycles. The van der Waals surface area contributed by atoms with E-state index in [9.17, 15) is 13.2 Å². The minimum Gasteiger partial charge on any atom is -0.337 e. The van der Waals surface area contributed by atoms with Crippen molar-refractivity contribution < 1.29 is 13.2 Å². The SMILES string of the molecule is O=C(c1sccc1S(=O)(=O)N1CCCCC1)N1CCCC(c2nccs2)C1. The van der Waals surface area contributed by atoms with Crippen LogP contribution < -0.4 is 0 Å². The van der Waals surface area contributed by atoms with Gasteiger partial charge in [-0.3, -0.25) is 4.79 Å². The lowest BCUT2D eigenvalue weighted by atomic mass is 9.98. The molecule has 0 bridgehead atoms. The highest BCUT2D eigenvalue weighted by molar-refractivity contribution is 7.89. The van der Waals surface area contributed by atoms with Gasteiger partial charge >= 0.3 is 0 Å². The number of likely N-dealkylation sites (tertiary alicyclic amines) is 1. The largest absolute Gasteiger partial charge is 0.337 e. The third kappa shape index (κ3) is 3.83. The van der Waals surface area contributed by atoms with Gasteiger partial charge < -0.3 is 4.90 Å². The van der Waals surface area contributed by atoms with Gasteiger partial charge in [0.1, 0.15) is 9.77 Å². The van der Waals surface area contributed by atoms with E-state index >= 15 is 0 Å². The summed E-state index contributed by atoms with van der Waals surface area (Å²) in [6, 6.07) is 1.59. The molecular weight excluding hydrogens is 402 g/mol. The summed E-state index contributed by atoms with van der Waals surface area (Å²) in [4.78, 5) is 19.9. The first-order chi connectivity index (χ1) is 13.1. The van der Waals surface area contributed by atoms with Crippen molar-refractivity contribution in [2.45, 2.75) is 42.9 Å². The highest BCUT2D eigenvalue weighted by Gasteiger charge is 2.34. The Morgan fingerprint density at radius 3 is 2.63 bits per heavy atom. The normalized spacial score (nSPS) is 22.1. The van der Waals surface area contributed by atoms with Gasteiger partial charge in [-0.2, -0.15) is 4.31 Å². The van der Waals surface area contributed by atoms with E-state index in [2.05, 4.69) is 4.98 Å². The van der Waals surface area contributed by atoms with Gasteiger partial charge in [-0.25, -0.2) is 13.4 Å². The molecule has 2 aliphatic rings. The summed E-state index contributed by atoms with van der Waals surface area (Å²) >= 11 is 2.85. The number of thiophene rings is 1. The highest BCUT2D eigenvalue weighted by Crippen LogP contribution is 2.32. The Labute approximate surface area is 167 Å². The van der Waals surface area contributed by atoms with Gasteiger partial charge in [0.15, 0.2) is 0 Å². The first kappa shape index (κ1) is 19.0. The summed E-state index contributed by atoms with van der Waals surface area (Å²) in [5.74, 6) is 0.0756. The minimum atomic E-state index is -3.60. The van der Waals surface area contributed by atoms with E-state index in [1.165, 1.54) is 15.6 Å². The molecule has 0 aliphatic carbocycles. The molecule has 2 aliphatic heterocycles. The summed E-state index contributed by atoms with van der Waals surface area (Å²) in [5.41, 5.74) is 0. The fraction of sp³-hybridized carbons (Fsp3) is 0.556. The van der Waals surface area contributed by atoms with Crippen molar-refractivity contribution in [3.63, 3.8) is 0 Å². The molecular formula is C18H23N3O3S3. The lowest BCUT2D eigenvalue weighted by Crippen LogP contribution is -2.40. The molecule has 0 radical (unpaired) electrons. The first-order valence-corrected chi connectivity index (χ1v) is 12.5. The number of carbonyl (C=O) groups is 1. The van der Waals surface area contributed by atoms with Gasteiger partial charge in [-0.05, 0) is 37.1 Å². The van der Waals surface area contributed by atoms with Crippen LogP contribution in [0.4, 0.5) is 0 Å². The van der Waals surface area contributed by atoms with E-state index in [-0.39, 0.29) is 16.7 Å². The monoisotopic (exact) mass is 425 g/mol. The molecule has 6 nitrogen and oxygen atoms in total. The fourth-order valence-corrected chi connectivity index (χ4v) is 7.49. The number of rotatable bonds is 4. The summed E-state index contributed by atoms with van der Waals surface area (Å²) in [6.45, 7) is 2.36. The molecule has 2 aromatic heterocycles. The molecule has 1 atom stereocenters. The van der Waals surface area contributed by atoms with Crippen LogP contribution in [0.15, 0.2) is 27.9 Å². The van der Waals surface area contributed by atoms with Crippen molar-refractivity contribution in [2.75, 3.05) is 26.2 Å². The molecule has 9 heteroatoms. The van der Waals surface area contributed by atoms with Crippen molar-refractivity contribution >= 4 is 38.6 Å². The molecule has 1 amide bonds. The second-order valence-corrected chi connectivity index (χ2v) is 10.8. The number of aromatic nitrogens is 1. The molecule has 2 saturated heterocycles. The molecule has 146 valence electrons. The van der Waals surface area contributed by atoms with Crippen LogP contribution in [-0.2, 0) is 10.0 Å². The molecule has 0 aromatic carbocycles. The summed E-state index contributed by atoms with van der Waals surface area (Å²) in [7, 11) is -3.60. The van der Waals surface area contributed by atoms with E-state index in [4.69, 9.17) is 0 Å². The maximum Gasteiger partial charge on any atom is 0.265 e. The molecule has 27 heavy (non-hydrogen) atoms. The number of carbonyl (C=O) groups excluding carboxylic acids is 1. The molecule has 2 fully saturated rings. The number of sulfonamides is 1. The molecule has 4 heterocycles. The van der Waals surface area contributed by atoms with E-state index in [0.717, 1.165) is 37.1 Å². The Morgan fingerprint density at radius 1 is 1.07 bits per heavy atom. The molecule has 0 spiro atoms. The summed E-state index contributed by atoms with van der Waals surface area (Å²) < 4.78 is 27.7. The number of hydrogen-bond donors (Lipinski definition) is 0. The lowest BCUT2D eigenvalue weighted by Gasteiger charge is -2.32. The molecule has 0 N–H and O–H groups in total. The zero-order chi connectivity index (χ0) is 18.9. The van der Waals surface area contributed by atoms with Gasteiger partial charge in [0.2, 0.25) is 10.0 Å². The number of piperidine rings is 2. The third-order valence-corrected chi connectivity index (χ3v) is 9.18. The smallest absolute Gasteiger partial charge is 0.265 e. The second-order valence-electron chi connectivity index (χ2n) is 7.04. The number of amides is 1. The lowest BCUT2D eigenvalue weighted by molar-refractivity contribution is 0.0708. The Morgan fingerprint density at radius 2 is 1.89 bits per heavy atom. The molecule has 1 unspecified atom stereocenters. The maximum atomic E-state index is 13.2. The van der Waals surface area contributed by atoms with Crippen LogP contribution in [0.25, 0.3) is 0 Å². The Kier molecular flexibility index (Phi) is 5.63. The zero-order valence-corrected chi connectivity index (χ0v) is 17.5. The van der Waals surface area contributed by atoms with Crippen LogP contribution >= 0.6 is 22.7 Å². The van der Waals surface area contributed by atoms with Crippen molar-refractivity contribution in [1.82, 2.24) is 14.2 Å². The predicted molar refractivity (Wildman–Crippen MR) is 107 cm³/mol. The average molecular weight is 426 g/mol. The van der Waals surface area contributed by atoms with Crippen LogP contribution in [0.5, 0.6) is 0 Å². The minimum absolute atomic E-state index is 0.165. The Bertz CT molecular complexity index is 886. The predicted octanol–water partition coefficient (Wildman–Crippen LogP) is 3.40. The quantitative estimate of drug-likeness (QED) is 0.753. The van der Waals surface area contributed by atoms with E-state index in [0.29, 0.717) is 31.1 Å². The first-order valence-electron chi connectivity index (χ1n) is 9.33. The van der Waals surface area contributed by atoms with E-state index < -0.39 is 10.0 Å². The van der Waals surface area contributed by atoms with Crippen molar-refractivity contribution in [3.8, 4) is 0 Å². The topological polar surface area (TPSA) is 70.6 Å². The summed E-state index contributed by atoms with van der Waals surface area (Å²) in [5, 5.41) is 4.73. The van der Waals surface area contributed by atoms with Crippen molar-refractivity contribution in [1.29, 1.82) is 0 Å². The van der Waals surface area contributed by atoms with Gasteiger partial charge in [-0.15, -0.1) is 22.7 Å². The fourth-order valence-electron chi connectivity index (χ4n) is 3.84. The van der Waals surface area contributed by atoms with Gasteiger partial charge in [-0.1, -0.05) is 6.42 Å². The number of thiazole rings is 1. The van der Waals surface area contributed by atoms with Gasteiger partial charge in [0.25, 0.3) is 5.91 Å². The van der Waals surface area contributed by atoms with Crippen LogP contribution in [0.2, 0.25) is 0 Å². The van der Waals surface area contributed by atoms with E-state index in [1.54, 1.807) is 33.9 Å². The van der Waals surface area contributed by atoms with Crippen molar-refractivity contribution in [3.05, 3.63) is 32.9 Å². The summed E-state index contributed by atoms with van der Waals surface area (Å²) in [6.07, 6.45) is 6.55. The number of nitrogens with zero attached hydrogens (tertiary/aromatic N) is 3. The van der Waals surface area contributed by atoms with Crippen LogP contribution in [0, 0.1) is 0 Å². The molecule has 2 aromatic rings. The Balaban J connectivity index is 1.55. The van der Waals surface area contributed by atoms with Crippen LogP contribution in [-0.4, -0.2) is 54.7 Å². The second kappa shape index (κ2) is 7.98. The van der Waals surface area contributed by atoms with E-state index in [1.807, 2.05) is 5.38 Å². The maximum absolute atomic E-state index is 13.2. The zero-order valence-electron chi connectivity index (χ0n) is 15.0. The van der Waals surface area contributed by atoms with Crippen LogP contribution in [0.1, 0.15) is 52.7 Å². The van der Waals surface area contributed by atoms with Gasteiger partial charge in [0, 0.05) is 43.7 Å². The molecule has 4 rings (SSSR count). The number of hydrogen-bond acceptors (Lipinski definition) is 6. The van der Waals surface area contributed by atoms with Crippen LogP contribution in [0.3, 0.4) is 0 Å². The van der Waals surface area contributed by atoms with Gasteiger partial charge in [0.05, 0.1) is 5.01 Å². The Hall–Kier alpha value is -1.29. The van der Waals surface area contributed by atoms with Crippen molar-refractivity contribution in [2.24, 2.45) is 0 Å². The third-order valence-electron chi connectivity index (χ3n) is 5.27. The standard InChI is InChI=1S/C18H23N3O3S3/c22-18(20-8-4-5-14(13-20)17-19-7-12-26-17)16-15(6-11-25-16)27(23,24)21-9-2-1-3-10-21/h6-7,11-12,14H,1-5,8-10,13H2. The average Bonchev–Trinajstić information content (AvgIpc) is 3.40. The highest BCUT2D eigenvalue weighted by atomic mass is 32.2.